The second-order valence-electron chi connectivity index (χ2n) is 14.8. The van der Waals surface area contributed by atoms with E-state index in [0.717, 1.165) is 29.6 Å². The summed E-state index contributed by atoms with van der Waals surface area (Å²) in [6, 6.07) is 57.8. The fourth-order valence-corrected chi connectivity index (χ4v) is 13.5. The van der Waals surface area contributed by atoms with Gasteiger partial charge in [-0.05, 0) is 76.2 Å². The second-order valence-corrected chi connectivity index (χ2v) is 18.3. The number of hydrogen-bond donors (Lipinski definition) is 0. The van der Waals surface area contributed by atoms with Gasteiger partial charge >= 0.3 is 8.16 Å². The van der Waals surface area contributed by atoms with Crippen molar-refractivity contribution in [1.29, 1.82) is 0 Å². The summed E-state index contributed by atoms with van der Waals surface area (Å²) in [6.45, 7) is 0. The minimum Gasteiger partial charge on any atom is -0.404 e. The average molecular weight is 760 g/mol. The first-order chi connectivity index (χ1) is 27.8. The van der Waals surface area contributed by atoms with Gasteiger partial charge in [-0.2, -0.15) is 0 Å². The quantitative estimate of drug-likeness (QED) is 0.164. The van der Waals surface area contributed by atoms with Crippen LogP contribution >= 0.6 is 16.1 Å². The first-order valence-corrected chi connectivity index (χ1v) is 22.0. The highest BCUT2D eigenvalue weighted by atomic mass is 31.1. The van der Waals surface area contributed by atoms with Crippen LogP contribution in [0.4, 0.5) is 5.69 Å². The Bertz CT molecular complexity index is 2870. The molecule has 1 aliphatic heterocycles. The SMILES string of the molecule is C1=CC2C=Cc3op(N4c5c(cccc5P(c5ccccc5)c5ccccc5)CC[C@H]4c4cccc5ccccc45)oc4ccc5ccccc5c4c3C2C=C1. The molecule has 4 atom stereocenters. The molecule has 3 unspecified atom stereocenters. The summed E-state index contributed by atoms with van der Waals surface area (Å²) < 4.78 is 17.6. The molecule has 270 valence electrons. The Labute approximate surface area is 329 Å². The van der Waals surface area contributed by atoms with Gasteiger partial charge in [-0.1, -0.05) is 182 Å². The van der Waals surface area contributed by atoms with Crippen LogP contribution in [0.3, 0.4) is 0 Å². The number of rotatable bonds is 5. The van der Waals surface area contributed by atoms with Gasteiger partial charge in [0.2, 0.25) is 0 Å². The van der Waals surface area contributed by atoms with Gasteiger partial charge < -0.3 is 8.39 Å². The van der Waals surface area contributed by atoms with Crippen LogP contribution in [0.25, 0.3) is 38.6 Å². The number of allylic oxidation sites excluding steroid dienone is 5. The Balaban J connectivity index is 1.25. The first kappa shape index (κ1) is 33.5. The van der Waals surface area contributed by atoms with Crippen molar-refractivity contribution in [3.05, 3.63) is 211 Å². The first-order valence-electron chi connectivity index (χ1n) is 19.5. The summed E-state index contributed by atoms with van der Waals surface area (Å²) in [4.78, 5) is 0. The number of para-hydroxylation sites is 1. The predicted octanol–water partition coefficient (Wildman–Crippen LogP) is 13.0. The van der Waals surface area contributed by atoms with Crippen LogP contribution in [-0.4, -0.2) is 0 Å². The normalized spacial score (nSPS) is 18.6. The zero-order chi connectivity index (χ0) is 37.0. The number of nitrogens with zero attached hydrogens (tertiary/aromatic N) is 1. The number of fused-ring (bicyclic) bond motifs is 9. The van der Waals surface area contributed by atoms with E-state index >= 15 is 0 Å². The molecule has 0 saturated heterocycles. The van der Waals surface area contributed by atoms with Gasteiger partial charge in [0.25, 0.3) is 0 Å². The van der Waals surface area contributed by atoms with Crippen LogP contribution < -0.4 is 20.6 Å². The van der Waals surface area contributed by atoms with Crippen molar-refractivity contribution >= 4 is 76.3 Å². The Morgan fingerprint density at radius 1 is 0.589 bits per heavy atom. The molecule has 7 aromatic carbocycles. The average Bonchev–Trinajstić information content (AvgIpc) is 3.44. The number of anilines is 1. The summed E-state index contributed by atoms with van der Waals surface area (Å²) in [7, 11) is -2.64. The third-order valence-electron chi connectivity index (χ3n) is 11.7. The van der Waals surface area contributed by atoms with Crippen molar-refractivity contribution in [2.75, 3.05) is 4.67 Å². The predicted molar refractivity (Wildman–Crippen MR) is 238 cm³/mol. The second kappa shape index (κ2) is 14.0. The molecule has 3 nitrogen and oxygen atoms in total. The summed E-state index contributed by atoms with van der Waals surface area (Å²) in [6.07, 6.45) is 15.4. The van der Waals surface area contributed by atoms with Gasteiger partial charge in [0, 0.05) is 28.1 Å². The maximum atomic E-state index is 7.51. The highest BCUT2D eigenvalue weighted by molar-refractivity contribution is 7.80. The monoisotopic (exact) mass is 759 g/mol. The molecule has 56 heavy (non-hydrogen) atoms. The van der Waals surface area contributed by atoms with Crippen molar-refractivity contribution in [3.8, 4) is 0 Å². The van der Waals surface area contributed by atoms with Gasteiger partial charge in [-0.3, -0.25) is 4.67 Å². The standard InChI is InChI=1S/C51H39NO2P2/c1-3-20-39(21-4-1)55(40-22-5-2-6-23-40)48-28-14-19-38-29-32-45(44-27-13-18-35-15-7-10-24-41(35)44)52(51(38)48)56-53-46-33-30-36-16-8-11-25-42(36)49(46)50-43-26-12-9-17-37(43)31-34-47(50)54-56/h1-28,30-31,33-34,36,42,45H,29,32H2/t36?,42?,45-,56?/m0/s1. The summed E-state index contributed by atoms with van der Waals surface area (Å²) in [5.74, 6) is 1.30. The molecule has 5 heteroatoms. The summed E-state index contributed by atoms with van der Waals surface area (Å²) >= 11 is 0. The van der Waals surface area contributed by atoms with E-state index in [1.54, 1.807) is 0 Å². The Kier molecular flexibility index (Phi) is 8.38. The van der Waals surface area contributed by atoms with Gasteiger partial charge in [-0.15, -0.1) is 0 Å². The van der Waals surface area contributed by atoms with Gasteiger partial charge in [0.05, 0.1) is 11.7 Å². The van der Waals surface area contributed by atoms with Crippen molar-refractivity contribution in [2.24, 2.45) is 5.92 Å². The molecular formula is C51H39NO2P2. The molecule has 2 aliphatic carbocycles. The molecule has 1 aromatic heterocycles. The largest absolute Gasteiger partial charge is 0.404 e. The molecule has 0 amide bonds. The van der Waals surface area contributed by atoms with E-state index in [4.69, 9.17) is 8.39 Å². The number of hydrogen-bond acceptors (Lipinski definition) is 3. The van der Waals surface area contributed by atoms with Crippen LogP contribution in [0.5, 0.6) is 0 Å². The van der Waals surface area contributed by atoms with E-state index in [2.05, 4.69) is 199 Å². The molecular weight excluding hydrogens is 721 g/mol. The molecule has 0 radical (unpaired) electrons. The summed E-state index contributed by atoms with van der Waals surface area (Å²) in [5, 5.41) is 10.0. The van der Waals surface area contributed by atoms with Crippen LogP contribution in [0.2, 0.25) is 0 Å². The fourth-order valence-electron chi connectivity index (χ4n) is 9.20. The van der Waals surface area contributed by atoms with Crippen LogP contribution in [0.1, 0.15) is 40.8 Å². The van der Waals surface area contributed by atoms with Crippen molar-refractivity contribution < 1.29 is 8.39 Å². The molecule has 8 aromatic rings. The molecule has 0 spiro atoms. The highest BCUT2D eigenvalue weighted by Gasteiger charge is 2.38. The molecule has 2 heterocycles. The van der Waals surface area contributed by atoms with E-state index < -0.39 is 16.1 Å². The van der Waals surface area contributed by atoms with E-state index in [0.29, 0.717) is 0 Å². The summed E-state index contributed by atoms with van der Waals surface area (Å²) in [5.41, 5.74) is 5.97. The minimum atomic E-state index is -1.72. The fraction of sp³-hybridized carbons (Fsp3) is 0.0980. The molecule has 0 bridgehead atoms. The van der Waals surface area contributed by atoms with Gasteiger partial charge in [-0.25, -0.2) is 0 Å². The molecule has 11 rings (SSSR count). The van der Waals surface area contributed by atoms with Crippen molar-refractivity contribution in [2.45, 2.75) is 24.8 Å². The third kappa shape index (κ3) is 5.61. The van der Waals surface area contributed by atoms with Gasteiger partial charge in [0.15, 0.2) is 0 Å². The van der Waals surface area contributed by atoms with Crippen molar-refractivity contribution in [3.63, 3.8) is 0 Å². The topological polar surface area (TPSA) is 29.5 Å². The molecule has 3 aliphatic rings. The zero-order valence-corrected chi connectivity index (χ0v) is 32.6. The Hall–Kier alpha value is -5.85. The lowest BCUT2D eigenvalue weighted by Crippen LogP contribution is -2.33. The van der Waals surface area contributed by atoms with E-state index in [1.165, 1.54) is 59.8 Å². The highest BCUT2D eigenvalue weighted by Crippen LogP contribution is 2.55. The lowest BCUT2D eigenvalue weighted by atomic mass is 9.77. The zero-order valence-electron chi connectivity index (χ0n) is 30.8. The maximum absolute atomic E-state index is 7.51. The lowest BCUT2D eigenvalue weighted by Gasteiger charge is -2.39. The van der Waals surface area contributed by atoms with Gasteiger partial charge in [0.1, 0.15) is 11.3 Å². The smallest absolute Gasteiger partial charge is 0.342 e. The minimum absolute atomic E-state index is 0.00754. The van der Waals surface area contributed by atoms with E-state index in [-0.39, 0.29) is 17.9 Å². The van der Waals surface area contributed by atoms with Crippen LogP contribution in [-0.2, 0) is 6.42 Å². The van der Waals surface area contributed by atoms with Crippen LogP contribution in [0, 0.1) is 5.92 Å². The van der Waals surface area contributed by atoms with Crippen LogP contribution in [0.15, 0.2) is 196 Å². The Morgan fingerprint density at radius 2 is 1.27 bits per heavy atom. The van der Waals surface area contributed by atoms with E-state index in [9.17, 15) is 0 Å². The number of benzene rings is 7. The number of aryl methyl sites for hydroxylation is 1. The van der Waals surface area contributed by atoms with Crippen molar-refractivity contribution in [1.82, 2.24) is 0 Å². The van der Waals surface area contributed by atoms with E-state index in [1.807, 2.05) is 0 Å². The molecule has 0 fully saturated rings. The molecule has 0 N–H and O–H groups in total. The molecule has 0 saturated carbocycles. The lowest BCUT2D eigenvalue weighted by molar-refractivity contribution is 0.550. The Morgan fingerprint density at radius 3 is 2.07 bits per heavy atom. The third-order valence-corrected chi connectivity index (χ3v) is 15.7. The maximum Gasteiger partial charge on any atom is 0.342 e.